The predicted octanol–water partition coefficient (Wildman–Crippen LogP) is 3.13. The van der Waals surface area contributed by atoms with Gasteiger partial charge in [0.05, 0.1) is 40.5 Å². The number of aryl methyl sites for hydroxylation is 2. The van der Waals surface area contributed by atoms with Crippen molar-refractivity contribution in [1.82, 2.24) is 30.1 Å². The molecule has 1 fully saturated rings. The Morgan fingerprint density at radius 3 is 2.60 bits per heavy atom. The minimum Gasteiger partial charge on any atom is -0.488 e. The molecule has 1 aliphatic rings. The molecule has 1 N–H and O–H groups in total. The molecule has 0 unspecified atom stereocenters. The lowest BCUT2D eigenvalue weighted by molar-refractivity contribution is 0.240. The number of aromatic nitrogens is 6. The second-order valence-corrected chi connectivity index (χ2v) is 8.72. The molecule has 0 atom stereocenters. The molecule has 5 heterocycles. The first-order valence-electron chi connectivity index (χ1n) is 9.87. The smallest absolute Gasteiger partial charge is 0.225 e. The van der Waals surface area contributed by atoms with E-state index in [2.05, 4.69) is 47.3 Å². The van der Waals surface area contributed by atoms with Crippen LogP contribution in [0.3, 0.4) is 0 Å². The van der Waals surface area contributed by atoms with Gasteiger partial charge in [0.2, 0.25) is 5.95 Å². The Morgan fingerprint density at radius 2 is 1.87 bits per heavy atom. The van der Waals surface area contributed by atoms with Gasteiger partial charge < -0.3 is 15.0 Å². The molecule has 10 heteroatoms. The zero-order valence-corrected chi connectivity index (χ0v) is 18.1. The first-order chi connectivity index (χ1) is 14.5. The van der Waals surface area contributed by atoms with Gasteiger partial charge in [0, 0.05) is 18.5 Å². The van der Waals surface area contributed by atoms with Gasteiger partial charge >= 0.3 is 0 Å². The standard InChI is InChI=1S/C20H22N8OS/c1-10(2)29-14-5-21-20(22-6-14)28-7-13(8-28)25-18-17-16(23-9-24-18)15-11(3)12(4)26-27-19(15)30-17/h5-6,9-10,13H,7-8H2,1-4H3,(H,23,24,25). The SMILES string of the molecule is Cc1nnc2sc3c(NC4CN(c5ncc(OC(C)C)cn5)C4)ncnc3c2c1C. The monoisotopic (exact) mass is 422 g/mol. The fraction of sp³-hybridized carbons (Fsp3) is 0.400. The van der Waals surface area contributed by atoms with Crippen molar-refractivity contribution in [2.24, 2.45) is 0 Å². The fourth-order valence-electron chi connectivity index (χ4n) is 3.52. The van der Waals surface area contributed by atoms with E-state index >= 15 is 0 Å². The van der Waals surface area contributed by atoms with Crippen molar-refractivity contribution >= 4 is 43.5 Å². The third-order valence-corrected chi connectivity index (χ3v) is 6.22. The lowest BCUT2D eigenvalue weighted by Gasteiger charge is -2.39. The normalized spacial score (nSPS) is 14.5. The number of hydrogen-bond acceptors (Lipinski definition) is 10. The Bertz CT molecular complexity index is 1220. The van der Waals surface area contributed by atoms with Crippen LogP contribution in [-0.4, -0.2) is 55.4 Å². The summed E-state index contributed by atoms with van der Waals surface area (Å²) in [6, 6.07) is 0.262. The maximum Gasteiger partial charge on any atom is 0.225 e. The van der Waals surface area contributed by atoms with E-state index in [0.717, 1.165) is 50.6 Å². The second-order valence-electron chi connectivity index (χ2n) is 7.72. The van der Waals surface area contributed by atoms with Crippen molar-refractivity contribution in [2.75, 3.05) is 23.3 Å². The van der Waals surface area contributed by atoms with Crippen molar-refractivity contribution < 1.29 is 4.74 Å². The number of anilines is 2. The number of thiophene rings is 1. The molecule has 4 aromatic rings. The Balaban J connectivity index is 1.32. The Labute approximate surface area is 177 Å². The lowest BCUT2D eigenvalue weighted by atomic mass is 10.1. The van der Waals surface area contributed by atoms with Gasteiger partial charge in [-0.05, 0) is 33.3 Å². The maximum atomic E-state index is 5.60. The highest BCUT2D eigenvalue weighted by Crippen LogP contribution is 2.37. The van der Waals surface area contributed by atoms with Gasteiger partial charge in [0.15, 0.2) is 5.75 Å². The average molecular weight is 423 g/mol. The summed E-state index contributed by atoms with van der Waals surface area (Å²) >= 11 is 1.58. The largest absolute Gasteiger partial charge is 0.488 e. The van der Waals surface area contributed by atoms with Crippen molar-refractivity contribution in [3.63, 3.8) is 0 Å². The average Bonchev–Trinajstić information content (AvgIpc) is 3.08. The number of nitrogens with zero attached hydrogens (tertiary/aromatic N) is 7. The fourth-order valence-corrected chi connectivity index (χ4v) is 4.60. The summed E-state index contributed by atoms with van der Waals surface area (Å²) in [5.41, 5.74) is 2.98. The van der Waals surface area contributed by atoms with Crippen molar-refractivity contribution in [3.8, 4) is 5.75 Å². The van der Waals surface area contributed by atoms with Crippen LogP contribution >= 0.6 is 11.3 Å². The van der Waals surface area contributed by atoms with E-state index in [-0.39, 0.29) is 12.1 Å². The molecule has 4 aromatic heterocycles. The van der Waals surface area contributed by atoms with Crippen LogP contribution in [0.4, 0.5) is 11.8 Å². The van der Waals surface area contributed by atoms with Gasteiger partial charge in [-0.3, -0.25) is 0 Å². The summed E-state index contributed by atoms with van der Waals surface area (Å²) < 4.78 is 6.62. The van der Waals surface area contributed by atoms with Gasteiger partial charge in [-0.1, -0.05) is 0 Å². The Morgan fingerprint density at radius 1 is 1.10 bits per heavy atom. The lowest BCUT2D eigenvalue weighted by Crippen LogP contribution is -2.55. The number of ether oxygens (including phenoxy) is 1. The van der Waals surface area contributed by atoms with E-state index in [4.69, 9.17) is 4.74 Å². The van der Waals surface area contributed by atoms with Gasteiger partial charge in [-0.25, -0.2) is 19.9 Å². The van der Waals surface area contributed by atoms with Crippen molar-refractivity contribution in [3.05, 3.63) is 30.0 Å². The van der Waals surface area contributed by atoms with E-state index < -0.39 is 0 Å². The quantitative estimate of drug-likeness (QED) is 0.519. The van der Waals surface area contributed by atoms with Crippen LogP contribution in [0.15, 0.2) is 18.7 Å². The van der Waals surface area contributed by atoms with Crippen molar-refractivity contribution in [1.29, 1.82) is 0 Å². The summed E-state index contributed by atoms with van der Waals surface area (Å²) in [4.78, 5) is 20.9. The number of hydrogen-bond donors (Lipinski definition) is 1. The molecule has 0 amide bonds. The molecule has 0 aliphatic carbocycles. The molecule has 30 heavy (non-hydrogen) atoms. The molecule has 1 aliphatic heterocycles. The zero-order chi connectivity index (χ0) is 20.8. The Hall–Kier alpha value is -3.14. The molecule has 1 saturated heterocycles. The Kier molecular flexibility index (Phi) is 4.58. The van der Waals surface area contributed by atoms with Crippen LogP contribution in [0.2, 0.25) is 0 Å². The van der Waals surface area contributed by atoms with E-state index in [1.54, 1.807) is 30.1 Å². The number of fused-ring (bicyclic) bond motifs is 3. The maximum absolute atomic E-state index is 5.60. The molecule has 5 rings (SSSR count). The predicted molar refractivity (Wildman–Crippen MR) is 117 cm³/mol. The number of nitrogens with one attached hydrogen (secondary N) is 1. The highest BCUT2D eigenvalue weighted by Gasteiger charge is 2.30. The van der Waals surface area contributed by atoms with Gasteiger partial charge in [0.25, 0.3) is 0 Å². The molecule has 0 radical (unpaired) electrons. The first kappa shape index (κ1) is 18.9. The third-order valence-electron chi connectivity index (χ3n) is 5.15. The minimum absolute atomic E-state index is 0.106. The van der Waals surface area contributed by atoms with Crippen LogP contribution in [0.1, 0.15) is 25.1 Å². The molecular formula is C20H22N8OS. The van der Waals surface area contributed by atoms with Gasteiger partial charge in [-0.15, -0.1) is 16.4 Å². The summed E-state index contributed by atoms with van der Waals surface area (Å²) in [7, 11) is 0. The van der Waals surface area contributed by atoms with Crippen LogP contribution in [0.5, 0.6) is 5.75 Å². The second kappa shape index (κ2) is 7.28. The zero-order valence-electron chi connectivity index (χ0n) is 17.2. The summed E-state index contributed by atoms with van der Waals surface area (Å²) in [6.07, 6.45) is 5.16. The minimum atomic E-state index is 0.106. The van der Waals surface area contributed by atoms with E-state index in [1.165, 1.54) is 0 Å². The van der Waals surface area contributed by atoms with Crippen LogP contribution in [-0.2, 0) is 0 Å². The molecule has 9 nitrogen and oxygen atoms in total. The topological polar surface area (TPSA) is 102 Å². The van der Waals surface area contributed by atoms with Crippen molar-refractivity contribution in [2.45, 2.75) is 39.8 Å². The molecule has 0 saturated carbocycles. The number of rotatable bonds is 5. The van der Waals surface area contributed by atoms with Crippen LogP contribution < -0.4 is 15.0 Å². The summed E-state index contributed by atoms with van der Waals surface area (Å²) in [6.45, 7) is 9.61. The van der Waals surface area contributed by atoms with Crippen LogP contribution in [0.25, 0.3) is 20.4 Å². The van der Waals surface area contributed by atoms with Gasteiger partial charge in [-0.2, -0.15) is 5.10 Å². The third kappa shape index (κ3) is 3.26. The van der Waals surface area contributed by atoms with Crippen LogP contribution in [0, 0.1) is 13.8 Å². The molecular weight excluding hydrogens is 400 g/mol. The van der Waals surface area contributed by atoms with E-state index in [9.17, 15) is 0 Å². The van der Waals surface area contributed by atoms with Gasteiger partial charge in [0.1, 0.15) is 17.0 Å². The van der Waals surface area contributed by atoms with E-state index in [1.807, 2.05) is 20.8 Å². The summed E-state index contributed by atoms with van der Waals surface area (Å²) in [5, 5.41) is 13.2. The molecule has 154 valence electrons. The first-order valence-corrected chi connectivity index (χ1v) is 10.7. The highest BCUT2D eigenvalue weighted by molar-refractivity contribution is 7.25. The molecule has 0 aromatic carbocycles. The molecule has 0 spiro atoms. The van der Waals surface area contributed by atoms with E-state index in [0.29, 0.717) is 11.7 Å². The highest BCUT2D eigenvalue weighted by atomic mass is 32.1. The molecule has 0 bridgehead atoms. The summed E-state index contributed by atoms with van der Waals surface area (Å²) in [5.74, 6) is 2.23.